The van der Waals surface area contributed by atoms with Crippen molar-refractivity contribution in [3.63, 3.8) is 0 Å². The zero-order chi connectivity index (χ0) is 9.26. The van der Waals surface area contributed by atoms with Gasteiger partial charge in [0.15, 0.2) is 0 Å². The molecule has 1 aromatic heterocycles. The quantitative estimate of drug-likeness (QED) is 0.754. The summed E-state index contributed by atoms with van der Waals surface area (Å²) in [6.07, 6.45) is 4.68. The van der Waals surface area contributed by atoms with Gasteiger partial charge in [0.25, 0.3) is 0 Å². The molecule has 2 rings (SSSR count). The van der Waals surface area contributed by atoms with Crippen molar-refractivity contribution < 1.29 is 9.15 Å². The smallest absolute Gasteiger partial charge is 0.113 e. The number of rotatable bonds is 2. The minimum atomic E-state index is -0.167. The molecule has 0 spiro atoms. The highest BCUT2D eigenvalue weighted by Crippen LogP contribution is 2.25. The molecule has 0 amide bonds. The van der Waals surface area contributed by atoms with Crippen molar-refractivity contribution in [2.75, 3.05) is 6.61 Å². The maximum absolute atomic E-state index is 5.96. The van der Waals surface area contributed by atoms with E-state index < -0.39 is 0 Å². The Kier molecular flexibility index (Phi) is 2.10. The van der Waals surface area contributed by atoms with Crippen molar-refractivity contribution in [1.29, 1.82) is 0 Å². The molecule has 13 heavy (non-hydrogen) atoms. The van der Waals surface area contributed by atoms with Crippen LogP contribution in [0.4, 0.5) is 0 Å². The Bertz CT molecular complexity index is 327. The summed E-state index contributed by atoms with van der Waals surface area (Å²) in [7, 11) is 0. The van der Waals surface area contributed by atoms with Gasteiger partial charge in [-0.15, -0.1) is 0 Å². The number of ether oxygens (including phenoxy) is 1. The zero-order valence-electron chi connectivity index (χ0n) is 7.62. The van der Waals surface area contributed by atoms with E-state index in [0.29, 0.717) is 0 Å². The van der Waals surface area contributed by atoms with E-state index in [1.54, 1.807) is 6.26 Å². The van der Waals surface area contributed by atoms with Crippen molar-refractivity contribution in [2.45, 2.75) is 19.4 Å². The third-order valence-electron chi connectivity index (χ3n) is 2.15. The summed E-state index contributed by atoms with van der Waals surface area (Å²) in [6.45, 7) is 2.65. The van der Waals surface area contributed by atoms with Gasteiger partial charge in [-0.2, -0.15) is 0 Å². The number of furan rings is 1. The molecule has 1 atom stereocenters. The molecule has 0 saturated carbocycles. The first-order chi connectivity index (χ1) is 6.27. The van der Waals surface area contributed by atoms with Crippen LogP contribution in [0.5, 0.6) is 0 Å². The minimum Gasteiger partial charge on any atom is -0.496 e. The van der Waals surface area contributed by atoms with Crippen molar-refractivity contribution >= 4 is 0 Å². The molecule has 0 radical (unpaired) electrons. The Hall–Kier alpha value is -1.22. The normalized spacial score (nSPS) is 18.2. The van der Waals surface area contributed by atoms with E-state index in [-0.39, 0.29) is 6.04 Å². The molecule has 1 aliphatic heterocycles. The second-order valence-electron chi connectivity index (χ2n) is 3.21. The molecule has 0 bridgehead atoms. The van der Waals surface area contributed by atoms with E-state index in [4.69, 9.17) is 14.9 Å². The molecule has 3 nitrogen and oxygen atoms in total. The standard InChI is InChI=1S/C10H13NO2/c1-7-5-8(6-13-7)10(11)9-3-2-4-12-9/h3,5-6,10H,2,4,11H2,1H3. The minimum absolute atomic E-state index is 0.167. The predicted molar refractivity (Wildman–Crippen MR) is 49.0 cm³/mol. The van der Waals surface area contributed by atoms with E-state index >= 15 is 0 Å². The highest BCUT2D eigenvalue weighted by Gasteiger charge is 2.17. The van der Waals surface area contributed by atoms with Crippen LogP contribution in [-0.2, 0) is 4.74 Å². The Morgan fingerprint density at radius 3 is 2.92 bits per heavy atom. The zero-order valence-corrected chi connectivity index (χ0v) is 7.62. The summed E-state index contributed by atoms with van der Waals surface area (Å²) < 4.78 is 10.6. The average molecular weight is 179 g/mol. The van der Waals surface area contributed by atoms with Crippen LogP contribution < -0.4 is 5.73 Å². The first kappa shape index (κ1) is 8.38. The third-order valence-corrected chi connectivity index (χ3v) is 2.15. The summed E-state index contributed by atoms with van der Waals surface area (Å²) in [5.41, 5.74) is 6.94. The van der Waals surface area contributed by atoms with Gasteiger partial charge >= 0.3 is 0 Å². The fraction of sp³-hybridized carbons (Fsp3) is 0.400. The van der Waals surface area contributed by atoms with E-state index in [0.717, 1.165) is 30.1 Å². The number of aryl methyl sites for hydroxylation is 1. The van der Waals surface area contributed by atoms with E-state index in [1.807, 2.05) is 19.1 Å². The predicted octanol–water partition coefficient (Wildman–Crippen LogP) is 1.89. The van der Waals surface area contributed by atoms with E-state index in [2.05, 4.69) is 0 Å². The van der Waals surface area contributed by atoms with Crippen molar-refractivity contribution in [3.05, 3.63) is 35.5 Å². The molecule has 2 heterocycles. The molecule has 2 N–H and O–H groups in total. The number of nitrogens with two attached hydrogens (primary N) is 1. The van der Waals surface area contributed by atoms with E-state index in [9.17, 15) is 0 Å². The first-order valence-electron chi connectivity index (χ1n) is 4.41. The Labute approximate surface area is 77.2 Å². The number of hydrogen-bond acceptors (Lipinski definition) is 3. The highest BCUT2D eigenvalue weighted by molar-refractivity contribution is 5.24. The lowest BCUT2D eigenvalue weighted by molar-refractivity contribution is 0.225. The molecular weight excluding hydrogens is 166 g/mol. The molecule has 1 unspecified atom stereocenters. The fourth-order valence-corrected chi connectivity index (χ4v) is 1.44. The van der Waals surface area contributed by atoms with Crippen LogP contribution in [0.2, 0.25) is 0 Å². The van der Waals surface area contributed by atoms with Gasteiger partial charge in [-0.25, -0.2) is 0 Å². The molecule has 70 valence electrons. The SMILES string of the molecule is Cc1cc(C(N)C2=CCCO2)co1. The van der Waals surface area contributed by atoms with Gasteiger partial charge in [0.05, 0.1) is 18.9 Å². The van der Waals surface area contributed by atoms with Crippen LogP contribution in [0, 0.1) is 6.92 Å². The van der Waals surface area contributed by atoms with Crippen molar-refractivity contribution in [3.8, 4) is 0 Å². The monoisotopic (exact) mass is 179 g/mol. The third kappa shape index (κ3) is 1.60. The Balaban J connectivity index is 2.16. The summed E-state index contributed by atoms with van der Waals surface area (Å²) in [4.78, 5) is 0. The Morgan fingerprint density at radius 1 is 1.54 bits per heavy atom. The lowest BCUT2D eigenvalue weighted by Gasteiger charge is -2.10. The van der Waals surface area contributed by atoms with Crippen LogP contribution in [-0.4, -0.2) is 6.61 Å². The fourth-order valence-electron chi connectivity index (χ4n) is 1.44. The van der Waals surface area contributed by atoms with Crippen LogP contribution in [0.25, 0.3) is 0 Å². The van der Waals surface area contributed by atoms with Gasteiger partial charge in [-0.05, 0) is 19.1 Å². The Morgan fingerprint density at radius 2 is 2.38 bits per heavy atom. The molecule has 1 aromatic rings. The molecule has 0 aromatic carbocycles. The van der Waals surface area contributed by atoms with Gasteiger partial charge < -0.3 is 14.9 Å². The summed E-state index contributed by atoms with van der Waals surface area (Å²) in [5, 5.41) is 0. The topological polar surface area (TPSA) is 48.4 Å². The summed E-state index contributed by atoms with van der Waals surface area (Å²) >= 11 is 0. The van der Waals surface area contributed by atoms with Gasteiger partial charge in [0, 0.05) is 12.0 Å². The average Bonchev–Trinajstić information content (AvgIpc) is 2.72. The second kappa shape index (κ2) is 3.26. The lowest BCUT2D eigenvalue weighted by atomic mass is 10.1. The largest absolute Gasteiger partial charge is 0.496 e. The van der Waals surface area contributed by atoms with Gasteiger partial charge in [-0.3, -0.25) is 0 Å². The van der Waals surface area contributed by atoms with Crippen LogP contribution in [0.3, 0.4) is 0 Å². The maximum atomic E-state index is 5.96. The van der Waals surface area contributed by atoms with Crippen LogP contribution >= 0.6 is 0 Å². The van der Waals surface area contributed by atoms with Crippen molar-refractivity contribution in [1.82, 2.24) is 0 Å². The van der Waals surface area contributed by atoms with Gasteiger partial charge in [-0.1, -0.05) is 0 Å². The lowest BCUT2D eigenvalue weighted by Crippen LogP contribution is -2.12. The van der Waals surface area contributed by atoms with Gasteiger partial charge in [0.2, 0.25) is 0 Å². The van der Waals surface area contributed by atoms with Gasteiger partial charge in [0.1, 0.15) is 11.5 Å². The highest BCUT2D eigenvalue weighted by atomic mass is 16.5. The van der Waals surface area contributed by atoms with Crippen LogP contribution in [0.1, 0.15) is 23.8 Å². The molecular formula is C10H13NO2. The molecule has 0 fully saturated rings. The summed E-state index contributed by atoms with van der Waals surface area (Å²) in [5.74, 6) is 1.74. The molecule has 3 heteroatoms. The molecule has 0 aliphatic carbocycles. The summed E-state index contributed by atoms with van der Waals surface area (Å²) in [6, 6.07) is 1.77. The second-order valence-corrected chi connectivity index (χ2v) is 3.21. The van der Waals surface area contributed by atoms with E-state index in [1.165, 1.54) is 0 Å². The number of hydrogen-bond donors (Lipinski definition) is 1. The molecule has 0 saturated heterocycles. The maximum Gasteiger partial charge on any atom is 0.113 e. The van der Waals surface area contributed by atoms with Crippen LogP contribution in [0.15, 0.2) is 28.6 Å². The molecule has 1 aliphatic rings. The first-order valence-corrected chi connectivity index (χ1v) is 4.41. The van der Waals surface area contributed by atoms with Crippen molar-refractivity contribution in [2.24, 2.45) is 5.73 Å².